The molecule has 6 heteroatoms. The van der Waals surface area contributed by atoms with Gasteiger partial charge < -0.3 is 16.2 Å². The maximum atomic E-state index is 12.4. The van der Waals surface area contributed by atoms with Crippen LogP contribution in [0.5, 0.6) is 0 Å². The van der Waals surface area contributed by atoms with Crippen LogP contribution in [0.1, 0.15) is 50.5 Å². The molecule has 0 heterocycles. The Hall–Kier alpha value is -3.02. The highest BCUT2D eigenvalue weighted by molar-refractivity contribution is 6.04. The summed E-state index contributed by atoms with van der Waals surface area (Å²) < 4.78 is 0. The highest BCUT2D eigenvalue weighted by Crippen LogP contribution is 2.34. The van der Waals surface area contributed by atoms with Crippen LogP contribution in [0.15, 0.2) is 48.5 Å². The third-order valence-electron chi connectivity index (χ3n) is 4.42. The number of nitrogen functional groups attached to an aromatic ring is 1. The molecule has 0 fully saturated rings. The molecule has 0 bridgehead atoms. The number of hydrogen-bond donors (Lipinski definition) is 3. The summed E-state index contributed by atoms with van der Waals surface area (Å²) in [5.41, 5.74) is 6.87. The van der Waals surface area contributed by atoms with Crippen LogP contribution in [0.2, 0.25) is 0 Å². The molecule has 0 aliphatic heterocycles. The first-order chi connectivity index (χ1) is 12.4. The van der Waals surface area contributed by atoms with E-state index in [0.717, 1.165) is 5.56 Å². The van der Waals surface area contributed by atoms with Crippen molar-refractivity contribution >= 4 is 23.4 Å². The van der Waals surface area contributed by atoms with Gasteiger partial charge in [0.25, 0.3) is 5.91 Å². The molecule has 0 spiro atoms. The van der Waals surface area contributed by atoms with Crippen molar-refractivity contribution in [2.24, 2.45) is 0 Å². The molecule has 6 nitrogen and oxygen atoms in total. The number of nitrogens with zero attached hydrogens (tertiary/aromatic N) is 1. The van der Waals surface area contributed by atoms with Gasteiger partial charge in [0.2, 0.25) is 0 Å². The average Bonchev–Trinajstić information content (AvgIpc) is 2.52. The lowest BCUT2D eigenvalue weighted by atomic mass is 9.87. The van der Waals surface area contributed by atoms with Crippen LogP contribution in [0.3, 0.4) is 0 Å². The number of amides is 2. The van der Waals surface area contributed by atoms with E-state index in [1.54, 1.807) is 48.5 Å². The van der Waals surface area contributed by atoms with E-state index in [4.69, 9.17) is 5.73 Å². The lowest BCUT2D eigenvalue weighted by molar-refractivity contribution is 0.0313. The predicted molar refractivity (Wildman–Crippen MR) is 108 cm³/mol. The maximum Gasteiger partial charge on any atom is 0.408 e. The molecule has 2 amide bonds. The Morgan fingerprint density at radius 2 is 1.59 bits per heavy atom. The largest absolute Gasteiger partial charge is 0.465 e. The zero-order chi connectivity index (χ0) is 20.4. The van der Waals surface area contributed by atoms with Crippen LogP contribution in [-0.2, 0) is 5.54 Å². The van der Waals surface area contributed by atoms with Crippen molar-refractivity contribution in [1.82, 2.24) is 4.90 Å². The highest BCUT2D eigenvalue weighted by Gasteiger charge is 2.39. The van der Waals surface area contributed by atoms with Gasteiger partial charge in [-0.15, -0.1) is 0 Å². The summed E-state index contributed by atoms with van der Waals surface area (Å²) in [5, 5.41) is 12.5. The average molecular weight is 369 g/mol. The number of hydrogen-bond acceptors (Lipinski definition) is 3. The summed E-state index contributed by atoms with van der Waals surface area (Å²) in [6.45, 7) is 9.28. The van der Waals surface area contributed by atoms with Crippen LogP contribution < -0.4 is 11.1 Å². The van der Waals surface area contributed by atoms with E-state index in [9.17, 15) is 14.7 Å². The summed E-state index contributed by atoms with van der Waals surface area (Å²) >= 11 is 0. The lowest BCUT2D eigenvalue weighted by Gasteiger charge is -2.45. The summed E-state index contributed by atoms with van der Waals surface area (Å²) in [6, 6.07) is 13.9. The number of carbonyl (C=O) groups excluding carboxylic acids is 1. The monoisotopic (exact) mass is 369 g/mol. The van der Waals surface area contributed by atoms with Gasteiger partial charge in [0, 0.05) is 22.5 Å². The van der Waals surface area contributed by atoms with Gasteiger partial charge in [0.05, 0.1) is 5.54 Å². The van der Waals surface area contributed by atoms with Gasteiger partial charge in [-0.2, -0.15) is 0 Å². The van der Waals surface area contributed by atoms with Gasteiger partial charge in [0.15, 0.2) is 0 Å². The fraction of sp³-hybridized carbons (Fsp3) is 0.333. The third kappa shape index (κ3) is 4.58. The molecule has 2 rings (SSSR count). The van der Waals surface area contributed by atoms with E-state index in [-0.39, 0.29) is 5.91 Å². The van der Waals surface area contributed by atoms with Gasteiger partial charge in [-0.05, 0) is 70.5 Å². The molecule has 2 aromatic rings. The van der Waals surface area contributed by atoms with Crippen molar-refractivity contribution in [2.75, 3.05) is 11.1 Å². The third-order valence-corrected chi connectivity index (χ3v) is 4.42. The molecular formula is C21H27N3O3. The van der Waals surface area contributed by atoms with Crippen molar-refractivity contribution in [3.8, 4) is 0 Å². The van der Waals surface area contributed by atoms with Gasteiger partial charge >= 0.3 is 6.09 Å². The second-order valence-electron chi connectivity index (χ2n) is 8.00. The fourth-order valence-corrected chi connectivity index (χ4v) is 3.34. The van der Waals surface area contributed by atoms with Crippen molar-refractivity contribution in [3.63, 3.8) is 0 Å². The van der Waals surface area contributed by atoms with Crippen LogP contribution in [-0.4, -0.2) is 27.5 Å². The molecule has 144 valence electrons. The Morgan fingerprint density at radius 1 is 1.00 bits per heavy atom. The number of nitrogens with two attached hydrogens (primary N) is 1. The molecule has 0 saturated heterocycles. The molecule has 0 atom stereocenters. The number of carboxylic acid groups (broad SMARTS) is 1. The molecule has 4 N–H and O–H groups in total. The second-order valence-corrected chi connectivity index (χ2v) is 8.00. The Bertz CT molecular complexity index is 836. The standard InChI is InChI=1S/C21H27N3O3/c1-20(2,3)24(19(26)27)21(4,5)15-11-9-14(10-12-15)18(25)23-17-8-6-7-16(22)13-17/h6-13H,22H2,1-5H3,(H,23,25)(H,26,27). The molecule has 0 aromatic heterocycles. The topological polar surface area (TPSA) is 95.7 Å². The maximum absolute atomic E-state index is 12.4. The number of carbonyl (C=O) groups is 2. The van der Waals surface area contributed by atoms with Gasteiger partial charge in [-0.1, -0.05) is 18.2 Å². The SMILES string of the molecule is CC(C)(C)N(C(=O)O)C(C)(C)c1ccc(C(=O)Nc2cccc(N)c2)cc1. The minimum absolute atomic E-state index is 0.254. The summed E-state index contributed by atoms with van der Waals surface area (Å²) in [7, 11) is 0. The van der Waals surface area contributed by atoms with Crippen molar-refractivity contribution in [3.05, 3.63) is 59.7 Å². The molecule has 0 aliphatic carbocycles. The van der Waals surface area contributed by atoms with Crippen molar-refractivity contribution in [2.45, 2.75) is 45.7 Å². The Morgan fingerprint density at radius 3 is 2.07 bits per heavy atom. The quantitative estimate of drug-likeness (QED) is 0.690. The minimum Gasteiger partial charge on any atom is -0.465 e. The number of anilines is 2. The van der Waals surface area contributed by atoms with Gasteiger partial charge in [0.1, 0.15) is 0 Å². The zero-order valence-corrected chi connectivity index (χ0v) is 16.4. The molecular weight excluding hydrogens is 342 g/mol. The van der Waals surface area contributed by atoms with Gasteiger partial charge in [-0.25, -0.2) is 4.79 Å². The van der Waals surface area contributed by atoms with Gasteiger partial charge in [-0.3, -0.25) is 9.69 Å². The molecule has 27 heavy (non-hydrogen) atoms. The van der Waals surface area contributed by atoms with E-state index in [1.165, 1.54) is 4.90 Å². The second kappa shape index (κ2) is 7.31. The number of nitrogens with one attached hydrogen (secondary N) is 1. The zero-order valence-electron chi connectivity index (χ0n) is 16.4. The Kier molecular flexibility index (Phi) is 5.49. The van der Waals surface area contributed by atoms with Crippen LogP contribution in [0.4, 0.5) is 16.2 Å². The van der Waals surface area contributed by atoms with E-state index >= 15 is 0 Å². The van der Waals surface area contributed by atoms with E-state index < -0.39 is 17.2 Å². The Balaban J connectivity index is 2.25. The smallest absolute Gasteiger partial charge is 0.408 e. The Labute approximate surface area is 160 Å². The van der Waals surface area contributed by atoms with Crippen LogP contribution in [0, 0.1) is 0 Å². The summed E-state index contributed by atoms with van der Waals surface area (Å²) in [5.74, 6) is -0.254. The van der Waals surface area contributed by atoms with E-state index in [2.05, 4.69) is 5.32 Å². The normalized spacial score (nSPS) is 11.7. The molecule has 0 unspecified atom stereocenters. The fourth-order valence-electron chi connectivity index (χ4n) is 3.34. The van der Waals surface area contributed by atoms with Crippen LogP contribution in [0.25, 0.3) is 0 Å². The predicted octanol–water partition coefficient (Wildman–Crippen LogP) is 4.53. The highest BCUT2D eigenvalue weighted by atomic mass is 16.4. The molecule has 2 aromatic carbocycles. The molecule has 0 radical (unpaired) electrons. The molecule has 0 aliphatic rings. The summed E-state index contributed by atoms with van der Waals surface area (Å²) in [4.78, 5) is 25.7. The minimum atomic E-state index is -0.990. The first-order valence-corrected chi connectivity index (χ1v) is 8.73. The van der Waals surface area contributed by atoms with E-state index in [1.807, 2.05) is 34.6 Å². The first kappa shape index (κ1) is 20.3. The molecule has 0 saturated carbocycles. The number of rotatable bonds is 4. The van der Waals surface area contributed by atoms with Crippen LogP contribution >= 0.6 is 0 Å². The van der Waals surface area contributed by atoms with Crippen molar-refractivity contribution in [1.29, 1.82) is 0 Å². The van der Waals surface area contributed by atoms with E-state index in [0.29, 0.717) is 16.9 Å². The lowest BCUT2D eigenvalue weighted by Crippen LogP contribution is -2.54. The number of benzene rings is 2. The first-order valence-electron chi connectivity index (χ1n) is 8.73. The summed E-state index contributed by atoms with van der Waals surface area (Å²) in [6.07, 6.45) is -0.990. The van der Waals surface area contributed by atoms with Crippen molar-refractivity contribution < 1.29 is 14.7 Å².